The van der Waals surface area contributed by atoms with Crippen LogP contribution in [0.2, 0.25) is 5.02 Å². The van der Waals surface area contributed by atoms with Gasteiger partial charge in [-0.1, -0.05) is 47.6 Å². The molecule has 0 aliphatic carbocycles. The van der Waals surface area contributed by atoms with Gasteiger partial charge in [-0.2, -0.15) is 0 Å². The normalized spacial score (nSPS) is 15.6. The first-order chi connectivity index (χ1) is 12.4. The Labute approximate surface area is 161 Å². The summed E-state index contributed by atoms with van der Waals surface area (Å²) < 4.78 is 0. The number of nitrogens with zero attached hydrogens (tertiary/aromatic N) is 2. The SMILES string of the molecule is Cc1ccc(C)c(N2C(=O)CSC2=NNC(=O)c2ccccc2Cl)c1C. The molecule has 3 rings (SSSR count). The molecule has 26 heavy (non-hydrogen) atoms. The van der Waals surface area contributed by atoms with E-state index in [-0.39, 0.29) is 11.7 Å². The van der Waals surface area contributed by atoms with E-state index in [0.717, 1.165) is 22.4 Å². The number of amidine groups is 1. The third-order valence-corrected chi connectivity index (χ3v) is 5.52. The predicted molar refractivity (Wildman–Crippen MR) is 107 cm³/mol. The summed E-state index contributed by atoms with van der Waals surface area (Å²) in [6, 6.07) is 10.8. The summed E-state index contributed by atoms with van der Waals surface area (Å²) in [6.07, 6.45) is 0. The highest BCUT2D eigenvalue weighted by Gasteiger charge is 2.32. The molecule has 1 aliphatic rings. The molecule has 5 nitrogen and oxygen atoms in total. The minimum atomic E-state index is -0.416. The maximum atomic E-state index is 12.5. The maximum Gasteiger partial charge on any atom is 0.272 e. The molecule has 1 aliphatic heterocycles. The smallest absolute Gasteiger partial charge is 0.272 e. The number of aryl methyl sites for hydroxylation is 2. The number of hydrazone groups is 1. The Morgan fingerprint density at radius 1 is 1.15 bits per heavy atom. The quantitative estimate of drug-likeness (QED) is 0.808. The third kappa shape index (κ3) is 3.48. The van der Waals surface area contributed by atoms with E-state index >= 15 is 0 Å². The minimum absolute atomic E-state index is 0.0578. The first-order valence-electron chi connectivity index (χ1n) is 8.05. The van der Waals surface area contributed by atoms with Crippen molar-refractivity contribution >= 4 is 46.0 Å². The summed E-state index contributed by atoms with van der Waals surface area (Å²) in [5.74, 6) is -0.189. The van der Waals surface area contributed by atoms with Crippen LogP contribution in [-0.4, -0.2) is 22.7 Å². The molecule has 0 bridgehead atoms. The number of anilines is 1. The molecule has 0 aromatic heterocycles. The zero-order chi connectivity index (χ0) is 18.8. The molecule has 2 amide bonds. The van der Waals surface area contributed by atoms with Crippen molar-refractivity contribution in [2.45, 2.75) is 20.8 Å². The van der Waals surface area contributed by atoms with E-state index in [1.807, 2.05) is 32.9 Å². The van der Waals surface area contributed by atoms with Gasteiger partial charge in [0.1, 0.15) is 0 Å². The molecular weight excluding hydrogens is 370 g/mol. The second kappa shape index (κ2) is 7.51. The van der Waals surface area contributed by atoms with Crippen LogP contribution in [0.15, 0.2) is 41.5 Å². The van der Waals surface area contributed by atoms with Crippen LogP contribution in [0.25, 0.3) is 0 Å². The summed E-state index contributed by atoms with van der Waals surface area (Å²) in [4.78, 5) is 26.4. The van der Waals surface area contributed by atoms with Crippen LogP contribution >= 0.6 is 23.4 Å². The van der Waals surface area contributed by atoms with Crippen LogP contribution in [0.5, 0.6) is 0 Å². The van der Waals surface area contributed by atoms with Gasteiger partial charge in [-0.05, 0) is 49.6 Å². The summed E-state index contributed by atoms with van der Waals surface area (Å²) >= 11 is 7.34. The average Bonchev–Trinajstić information content (AvgIpc) is 2.98. The van der Waals surface area contributed by atoms with Crippen molar-refractivity contribution in [2.24, 2.45) is 5.10 Å². The molecule has 7 heteroatoms. The van der Waals surface area contributed by atoms with Crippen molar-refractivity contribution in [3.05, 3.63) is 63.7 Å². The van der Waals surface area contributed by atoms with Crippen molar-refractivity contribution < 1.29 is 9.59 Å². The number of nitrogens with one attached hydrogen (secondary N) is 1. The van der Waals surface area contributed by atoms with Crippen LogP contribution in [-0.2, 0) is 4.79 Å². The predicted octanol–water partition coefficient (Wildman–Crippen LogP) is 4.05. The van der Waals surface area contributed by atoms with Gasteiger partial charge in [0, 0.05) is 0 Å². The molecule has 0 unspecified atom stereocenters. The largest absolute Gasteiger partial charge is 0.273 e. The van der Waals surface area contributed by atoms with E-state index in [1.54, 1.807) is 29.2 Å². The van der Waals surface area contributed by atoms with Crippen molar-refractivity contribution in [2.75, 3.05) is 10.7 Å². The molecule has 1 saturated heterocycles. The fraction of sp³-hybridized carbons (Fsp3) is 0.211. The van der Waals surface area contributed by atoms with Crippen LogP contribution in [0, 0.1) is 20.8 Å². The Morgan fingerprint density at radius 2 is 1.85 bits per heavy atom. The Bertz CT molecular complexity index is 927. The number of hydrogen-bond acceptors (Lipinski definition) is 4. The number of halogens is 1. The number of rotatable bonds is 3. The topological polar surface area (TPSA) is 61.8 Å². The molecule has 1 heterocycles. The standard InChI is InChI=1S/C19H18ClN3O2S/c1-11-8-9-12(2)17(13(11)3)23-16(24)10-26-19(23)22-21-18(25)14-6-4-5-7-15(14)20/h4-9H,10H2,1-3H3,(H,21,25). The highest BCUT2D eigenvalue weighted by molar-refractivity contribution is 8.15. The number of benzene rings is 2. The first kappa shape index (κ1) is 18.5. The van der Waals surface area contributed by atoms with E-state index in [2.05, 4.69) is 10.5 Å². The van der Waals surface area contributed by atoms with Crippen molar-refractivity contribution in [1.29, 1.82) is 0 Å². The Balaban J connectivity index is 1.92. The Kier molecular flexibility index (Phi) is 5.34. The zero-order valence-corrected chi connectivity index (χ0v) is 16.2. The lowest BCUT2D eigenvalue weighted by atomic mass is 10.0. The molecule has 2 aromatic rings. The first-order valence-corrected chi connectivity index (χ1v) is 9.41. The lowest BCUT2D eigenvalue weighted by Gasteiger charge is -2.22. The second-order valence-electron chi connectivity index (χ2n) is 6.01. The molecule has 0 saturated carbocycles. The Hall–Kier alpha value is -2.31. The molecule has 0 spiro atoms. The lowest BCUT2D eigenvalue weighted by Crippen LogP contribution is -2.33. The van der Waals surface area contributed by atoms with Gasteiger partial charge in [0.2, 0.25) is 5.91 Å². The maximum absolute atomic E-state index is 12.5. The van der Waals surface area contributed by atoms with Crippen molar-refractivity contribution in [3.63, 3.8) is 0 Å². The van der Waals surface area contributed by atoms with Gasteiger partial charge >= 0.3 is 0 Å². The van der Waals surface area contributed by atoms with Gasteiger partial charge in [-0.25, -0.2) is 5.43 Å². The molecule has 0 atom stereocenters. The van der Waals surface area contributed by atoms with Crippen LogP contribution in [0.1, 0.15) is 27.0 Å². The Morgan fingerprint density at radius 3 is 2.58 bits per heavy atom. The fourth-order valence-electron chi connectivity index (χ4n) is 2.75. The van der Waals surface area contributed by atoms with Gasteiger partial charge in [0.05, 0.1) is 22.0 Å². The average molecular weight is 388 g/mol. The molecule has 1 N–H and O–H groups in total. The highest BCUT2D eigenvalue weighted by Crippen LogP contribution is 2.33. The van der Waals surface area contributed by atoms with E-state index in [1.165, 1.54) is 11.8 Å². The number of carbonyl (C=O) groups excluding carboxylic acids is 2. The zero-order valence-electron chi connectivity index (χ0n) is 14.7. The second-order valence-corrected chi connectivity index (χ2v) is 7.36. The number of thioether (sulfide) groups is 1. The van der Waals surface area contributed by atoms with Crippen LogP contribution < -0.4 is 10.3 Å². The van der Waals surface area contributed by atoms with Crippen LogP contribution in [0.4, 0.5) is 5.69 Å². The summed E-state index contributed by atoms with van der Waals surface area (Å²) in [5.41, 5.74) is 6.76. The van der Waals surface area contributed by atoms with E-state index in [9.17, 15) is 9.59 Å². The van der Waals surface area contributed by atoms with Crippen molar-refractivity contribution in [3.8, 4) is 0 Å². The van der Waals surface area contributed by atoms with Gasteiger partial charge < -0.3 is 0 Å². The highest BCUT2D eigenvalue weighted by atomic mass is 35.5. The monoisotopic (exact) mass is 387 g/mol. The summed E-state index contributed by atoms with van der Waals surface area (Å²) in [6.45, 7) is 5.94. The molecule has 134 valence electrons. The molecule has 1 fully saturated rings. The molecule has 0 radical (unpaired) electrons. The number of hydrogen-bond donors (Lipinski definition) is 1. The third-order valence-electron chi connectivity index (χ3n) is 4.26. The molecular formula is C19H18ClN3O2S. The minimum Gasteiger partial charge on any atom is -0.273 e. The van der Waals surface area contributed by atoms with Gasteiger partial charge in [0.15, 0.2) is 5.17 Å². The van der Waals surface area contributed by atoms with Gasteiger partial charge in [-0.3, -0.25) is 14.5 Å². The van der Waals surface area contributed by atoms with Gasteiger partial charge in [0.25, 0.3) is 5.91 Å². The van der Waals surface area contributed by atoms with Gasteiger partial charge in [-0.15, -0.1) is 5.10 Å². The van der Waals surface area contributed by atoms with E-state index < -0.39 is 5.91 Å². The lowest BCUT2D eigenvalue weighted by molar-refractivity contribution is -0.115. The van der Waals surface area contributed by atoms with E-state index in [4.69, 9.17) is 11.6 Å². The summed E-state index contributed by atoms with van der Waals surface area (Å²) in [5, 5.41) is 4.99. The number of amides is 2. The fourth-order valence-corrected chi connectivity index (χ4v) is 3.78. The van der Waals surface area contributed by atoms with E-state index in [0.29, 0.717) is 15.8 Å². The van der Waals surface area contributed by atoms with Crippen LogP contribution in [0.3, 0.4) is 0 Å². The van der Waals surface area contributed by atoms with Crippen molar-refractivity contribution in [1.82, 2.24) is 5.43 Å². The molecule has 2 aromatic carbocycles. The summed E-state index contributed by atoms with van der Waals surface area (Å²) in [7, 11) is 0. The number of carbonyl (C=O) groups is 2.